The van der Waals surface area contributed by atoms with E-state index in [0.717, 1.165) is 28.0 Å². The SMILES string of the molecule is CC(C)N1c2cc(Nc3nccc(Nc4n[nH]c5ccccc45)n3)ccc2N(C)C(=O)[C@H]1C. The number of benzene rings is 2. The first-order valence-corrected chi connectivity index (χ1v) is 10.9. The molecule has 9 nitrogen and oxygen atoms in total. The van der Waals surface area contributed by atoms with E-state index in [1.807, 2.05) is 56.4 Å². The molecular formula is C24H26N8O. The van der Waals surface area contributed by atoms with Crippen molar-refractivity contribution in [1.29, 1.82) is 0 Å². The molecule has 1 amide bonds. The van der Waals surface area contributed by atoms with Gasteiger partial charge >= 0.3 is 0 Å². The number of para-hydroxylation sites is 1. The van der Waals surface area contributed by atoms with Gasteiger partial charge in [-0.15, -0.1) is 0 Å². The Bertz CT molecular complexity index is 1330. The van der Waals surface area contributed by atoms with Crippen molar-refractivity contribution in [3.05, 3.63) is 54.7 Å². The summed E-state index contributed by atoms with van der Waals surface area (Å²) in [6, 6.07) is 15.6. The Balaban J connectivity index is 1.42. The standard InChI is InChI=1S/C24H26N8O/c1-14(2)32-15(3)23(33)31(4)19-10-9-16(13-20(19)32)26-24-25-12-11-21(28-24)27-22-17-7-5-6-8-18(17)29-30-22/h5-15H,1-4H3,(H3,25,26,27,28,29,30)/t15-/m1/s1. The van der Waals surface area contributed by atoms with Crippen LogP contribution in [0.4, 0.5) is 34.6 Å². The van der Waals surface area contributed by atoms with Crippen molar-refractivity contribution >= 4 is 51.5 Å². The van der Waals surface area contributed by atoms with Crippen molar-refractivity contribution in [2.24, 2.45) is 0 Å². The number of fused-ring (bicyclic) bond motifs is 2. The van der Waals surface area contributed by atoms with Crippen LogP contribution in [0.5, 0.6) is 0 Å². The van der Waals surface area contributed by atoms with Gasteiger partial charge in [0.1, 0.15) is 11.9 Å². The molecule has 2 aromatic carbocycles. The number of likely N-dealkylation sites (N-methyl/N-ethyl adjacent to an activating group) is 1. The third-order valence-corrected chi connectivity index (χ3v) is 5.91. The average molecular weight is 443 g/mol. The molecule has 33 heavy (non-hydrogen) atoms. The van der Waals surface area contributed by atoms with Gasteiger partial charge < -0.3 is 20.4 Å². The van der Waals surface area contributed by atoms with Crippen molar-refractivity contribution in [2.45, 2.75) is 32.9 Å². The molecule has 168 valence electrons. The smallest absolute Gasteiger partial charge is 0.249 e. The van der Waals surface area contributed by atoms with E-state index in [2.05, 4.69) is 49.5 Å². The predicted molar refractivity (Wildman–Crippen MR) is 132 cm³/mol. The fourth-order valence-electron chi connectivity index (χ4n) is 4.34. The number of nitrogens with one attached hydrogen (secondary N) is 3. The second kappa shape index (κ2) is 8.09. The Morgan fingerprint density at radius 2 is 1.88 bits per heavy atom. The van der Waals surface area contributed by atoms with Gasteiger partial charge in [-0.1, -0.05) is 12.1 Å². The number of nitrogens with zero attached hydrogens (tertiary/aromatic N) is 5. The quantitative estimate of drug-likeness (QED) is 0.420. The topological polar surface area (TPSA) is 102 Å². The highest BCUT2D eigenvalue weighted by atomic mass is 16.2. The summed E-state index contributed by atoms with van der Waals surface area (Å²) in [5.74, 6) is 1.89. The zero-order valence-electron chi connectivity index (χ0n) is 19.0. The highest BCUT2D eigenvalue weighted by molar-refractivity contribution is 6.05. The summed E-state index contributed by atoms with van der Waals surface area (Å²) in [5.41, 5.74) is 3.69. The minimum absolute atomic E-state index is 0.0879. The van der Waals surface area contributed by atoms with E-state index in [1.165, 1.54) is 0 Å². The second-order valence-corrected chi connectivity index (χ2v) is 8.41. The van der Waals surface area contributed by atoms with E-state index in [1.54, 1.807) is 17.2 Å². The Kier molecular flexibility index (Phi) is 5.08. The monoisotopic (exact) mass is 442 g/mol. The maximum Gasteiger partial charge on any atom is 0.249 e. The number of anilines is 6. The van der Waals surface area contributed by atoms with Crippen molar-refractivity contribution in [3.63, 3.8) is 0 Å². The summed E-state index contributed by atoms with van der Waals surface area (Å²) in [5, 5.41) is 14.9. The fraction of sp³-hybridized carbons (Fsp3) is 0.250. The van der Waals surface area contributed by atoms with Crippen LogP contribution in [0, 0.1) is 0 Å². The molecule has 0 saturated heterocycles. The summed E-state index contributed by atoms with van der Waals surface area (Å²) >= 11 is 0. The summed E-state index contributed by atoms with van der Waals surface area (Å²) in [6.45, 7) is 6.13. The van der Waals surface area contributed by atoms with Crippen molar-refractivity contribution in [2.75, 3.05) is 27.5 Å². The van der Waals surface area contributed by atoms with E-state index >= 15 is 0 Å². The maximum atomic E-state index is 12.7. The van der Waals surface area contributed by atoms with E-state index < -0.39 is 0 Å². The Morgan fingerprint density at radius 3 is 2.70 bits per heavy atom. The molecule has 1 atom stereocenters. The summed E-state index contributed by atoms with van der Waals surface area (Å²) in [6.07, 6.45) is 1.69. The van der Waals surface area contributed by atoms with E-state index in [9.17, 15) is 4.79 Å². The molecule has 1 aliphatic rings. The zero-order chi connectivity index (χ0) is 23.1. The molecule has 1 aliphatic heterocycles. The lowest BCUT2D eigenvalue weighted by Gasteiger charge is -2.42. The molecule has 0 bridgehead atoms. The Hall–Kier alpha value is -4.14. The minimum atomic E-state index is -0.231. The summed E-state index contributed by atoms with van der Waals surface area (Å²) in [4.78, 5) is 25.5. The number of hydrogen-bond acceptors (Lipinski definition) is 7. The minimum Gasteiger partial charge on any atom is -0.356 e. The number of rotatable bonds is 5. The third-order valence-electron chi connectivity index (χ3n) is 5.91. The van der Waals surface area contributed by atoms with E-state index in [0.29, 0.717) is 17.6 Å². The largest absolute Gasteiger partial charge is 0.356 e. The van der Waals surface area contributed by atoms with Gasteiger partial charge in [0.25, 0.3) is 0 Å². The summed E-state index contributed by atoms with van der Waals surface area (Å²) < 4.78 is 0. The fourth-order valence-corrected chi connectivity index (χ4v) is 4.34. The van der Waals surface area contributed by atoms with Gasteiger partial charge in [-0.05, 0) is 57.2 Å². The first-order chi connectivity index (χ1) is 15.9. The lowest BCUT2D eigenvalue weighted by molar-refractivity contribution is -0.119. The molecule has 0 unspecified atom stereocenters. The number of H-pyrrole nitrogens is 1. The van der Waals surface area contributed by atoms with Crippen molar-refractivity contribution in [3.8, 4) is 0 Å². The Morgan fingerprint density at radius 1 is 1.06 bits per heavy atom. The lowest BCUT2D eigenvalue weighted by Crippen LogP contribution is -2.53. The van der Waals surface area contributed by atoms with Crippen LogP contribution in [0.25, 0.3) is 10.9 Å². The number of aromatic nitrogens is 4. The molecule has 0 spiro atoms. The molecule has 3 N–H and O–H groups in total. The summed E-state index contributed by atoms with van der Waals surface area (Å²) in [7, 11) is 1.82. The van der Waals surface area contributed by atoms with E-state index in [-0.39, 0.29) is 18.0 Å². The van der Waals surface area contributed by atoms with Crippen LogP contribution < -0.4 is 20.4 Å². The molecule has 9 heteroatoms. The lowest BCUT2D eigenvalue weighted by atomic mass is 10.0. The molecule has 4 aromatic rings. The Labute approximate surface area is 191 Å². The van der Waals surface area contributed by atoms with Crippen molar-refractivity contribution in [1.82, 2.24) is 20.2 Å². The molecule has 3 heterocycles. The number of hydrogen-bond donors (Lipinski definition) is 3. The first-order valence-electron chi connectivity index (χ1n) is 10.9. The molecule has 0 aliphatic carbocycles. The van der Waals surface area contributed by atoms with Crippen LogP contribution in [0.1, 0.15) is 20.8 Å². The number of carbonyl (C=O) groups excluding carboxylic acids is 1. The number of amides is 1. The van der Waals surface area contributed by atoms with Gasteiger partial charge in [0.05, 0.1) is 16.9 Å². The van der Waals surface area contributed by atoms with Crippen LogP contribution in [-0.4, -0.2) is 45.2 Å². The number of carbonyl (C=O) groups is 1. The third kappa shape index (κ3) is 3.71. The second-order valence-electron chi connectivity index (χ2n) is 8.41. The van der Waals surface area contributed by atoms with Gasteiger partial charge in [0, 0.05) is 30.4 Å². The van der Waals surface area contributed by atoms with E-state index in [4.69, 9.17) is 0 Å². The van der Waals surface area contributed by atoms with Crippen LogP contribution in [0.2, 0.25) is 0 Å². The normalized spacial score (nSPS) is 15.8. The number of aromatic amines is 1. The van der Waals surface area contributed by atoms with Gasteiger partial charge in [-0.25, -0.2) is 4.98 Å². The molecule has 0 radical (unpaired) electrons. The van der Waals surface area contributed by atoms with Gasteiger partial charge in [0.2, 0.25) is 11.9 Å². The van der Waals surface area contributed by atoms with Gasteiger partial charge in [0.15, 0.2) is 5.82 Å². The molecule has 2 aromatic heterocycles. The zero-order valence-corrected chi connectivity index (χ0v) is 19.0. The average Bonchev–Trinajstić information content (AvgIpc) is 3.20. The van der Waals surface area contributed by atoms with Crippen LogP contribution in [0.3, 0.4) is 0 Å². The molecule has 0 fully saturated rings. The molecule has 0 saturated carbocycles. The van der Waals surface area contributed by atoms with Crippen LogP contribution >= 0.6 is 0 Å². The highest BCUT2D eigenvalue weighted by Crippen LogP contribution is 2.39. The first kappa shape index (κ1) is 20.7. The highest BCUT2D eigenvalue weighted by Gasteiger charge is 2.34. The molecular weight excluding hydrogens is 416 g/mol. The van der Waals surface area contributed by atoms with Crippen LogP contribution in [0.15, 0.2) is 54.7 Å². The maximum absolute atomic E-state index is 12.7. The van der Waals surface area contributed by atoms with Crippen molar-refractivity contribution < 1.29 is 4.79 Å². The predicted octanol–water partition coefficient (Wildman–Crippen LogP) is 4.42. The van der Waals surface area contributed by atoms with Gasteiger partial charge in [-0.3, -0.25) is 9.89 Å². The molecule has 5 rings (SSSR count). The van der Waals surface area contributed by atoms with Gasteiger partial charge in [-0.2, -0.15) is 10.1 Å². The van der Waals surface area contributed by atoms with Crippen LogP contribution in [-0.2, 0) is 4.79 Å².